The minimum absolute atomic E-state index is 0.232. The fourth-order valence-corrected chi connectivity index (χ4v) is 2.51. The lowest BCUT2D eigenvalue weighted by Crippen LogP contribution is -2.28. The number of aromatic nitrogens is 7. The number of fused-ring (bicyclic) bond motifs is 1. The molecular weight excluding hydrogens is 320 g/mol. The van der Waals surface area contributed by atoms with Gasteiger partial charge in [0.05, 0.1) is 6.04 Å². The van der Waals surface area contributed by atoms with Gasteiger partial charge in [-0.15, -0.1) is 10.2 Å². The zero-order valence-corrected chi connectivity index (χ0v) is 13.3. The van der Waals surface area contributed by atoms with Crippen LogP contribution in [0.15, 0.2) is 55.4 Å². The molecule has 1 atom stereocenters. The molecule has 4 aromatic rings. The van der Waals surface area contributed by atoms with Gasteiger partial charge in [-0.1, -0.05) is 6.07 Å². The smallest absolute Gasteiger partial charge is 0.252 e. The SMILES string of the molecule is C[C@H](NC(=O)c1ccnc(-n2cncn2)c1)c1nnc2ccccn12. The van der Waals surface area contributed by atoms with Crippen molar-refractivity contribution in [3.8, 4) is 5.82 Å². The van der Waals surface area contributed by atoms with Crippen LogP contribution in [0.2, 0.25) is 0 Å². The lowest BCUT2D eigenvalue weighted by molar-refractivity contribution is 0.0938. The van der Waals surface area contributed by atoms with Crippen molar-refractivity contribution in [3.05, 3.63) is 66.8 Å². The minimum Gasteiger partial charge on any atom is -0.342 e. The Morgan fingerprint density at radius 1 is 1.24 bits per heavy atom. The van der Waals surface area contributed by atoms with Gasteiger partial charge in [-0.2, -0.15) is 5.10 Å². The largest absolute Gasteiger partial charge is 0.342 e. The summed E-state index contributed by atoms with van der Waals surface area (Å²) in [6.07, 6.45) is 6.35. The summed E-state index contributed by atoms with van der Waals surface area (Å²) in [5.74, 6) is 0.948. The Bertz CT molecular complexity index is 1020. The summed E-state index contributed by atoms with van der Waals surface area (Å²) in [6, 6.07) is 8.62. The van der Waals surface area contributed by atoms with Crippen LogP contribution >= 0.6 is 0 Å². The number of hydrogen-bond donors (Lipinski definition) is 1. The van der Waals surface area contributed by atoms with Crippen LogP contribution < -0.4 is 5.32 Å². The molecule has 0 aromatic carbocycles. The third-order valence-corrected chi connectivity index (χ3v) is 3.74. The highest BCUT2D eigenvalue weighted by atomic mass is 16.1. The Balaban J connectivity index is 1.57. The highest BCUT2D eigenvalue weighted by Crippen LogP contribution is 2.13. The third-order valence-electron chi connectivity index (χ3n) is 3.74. The summed E-state index contributed by atoms with van der Waals surface area (Å²) in [5, 5.41) is 15.2. The number of pyridine rings is 2. The first kappa shape index (κ1) is 14.9. The molecule has 0 bridgehead atoms. The van der Waals surface area contributed by atoms with Crippen molar-refractivity contribution >= 4 is 11.6 Å². The molecule has 9 nitrogen and oxygen atoms in total. The number of carbonyl (C=O) groups excluding carboxylic acids is 1. The zero-order valence-electron chi connectivity index (χ0n) is 13.3. The van der Waals surface area contributed by atoms with E-state index in [0.29, 0.717) is 17.2 Å². The van der Waals surface area contributed by atoms with Crippen LogP contribution in [0.1, 0.15) is 29.1 Å². The first-order valence-corrected chi connectivity index (χ1v) is 7.64. The molecule has 124 valence electrons. The average molecular weight is 334 g/mol. The van der Waals surface area contributed by atoms with Crippen molar-refractivity contribution in [2.45, 2.75) is 13.0 Å². The van der Waals surface area contributed by atoms with Crippen molar-refractivity contribution in [3.63, 3.8) is 0 Å². The number of nitrogens with zero attached hydrogens (tertiary/aromatic N) is 7. The Labute approximate surface area is 142 Å². The van der Waals surface area contributed by atoms with Crippen LogP contribution in [0.4, 0.5) is 0 Å². The van der Waals surface area contributed by atoms with Gasteiger partial charge >= 0.3 is 0 Å². The standard InChI is InChI=1S/C16H14N8O/c1-11(15-22-21-13-4-2-3-7-23(13)15)20-16(25)12-5-6-18-14(8-12)24-10-17-9-19-24/h2-11H,1H3,(H,20,25)/t11-/m0/s1. The minimum atomic E-state index is -0.312. The molecule has 1 amide bonds. The van der Waals surface area contributed by atoms with E-state index >= 15 is 0 Å². The van der Waals surface area contributed by atoms with Crippen LogP contribution in [0.3, 0.4) is 0 Å². The van der Waals surface area contributed by atoms with Gasteiger partial charge in [0.2, 0.25) is 0 Å². The molecule has 0 unspecified atom stereocenters. The van der Waals surface area contributed by atoms with Crippen LogP contribution in [0.5, 0.6) is 0 Å². The summed E-state index contributed by atoms with van der Waals surface area (Å²) in [6.45, 7) is 1.86. The maximum Gasteiger partial charge on any atom is 0.252 e. The molecular formula is C16H14N8O. The number of hydrogen-bond acceptors (Lipinski definition) is 6. The Morgan fingerprint density at radius 2 is 2.16 bits per heavy atom. The molecule has 4 heterocycles. The molecule has 4 rings (SSSR count). The van der Waals surface area contributed by atoms with E-state index in [1.807, 2.05) is 35.7 Å². The molecule has 0 saturated carbocycles. The van der Waals surface area contributed by atoms with E-state index < -0.39 is 0 Å². The first-order chi connectivity index (χ1) is 12.2. The van der Waals surface area contributed by atoms with Crippen molar-refractivity contribution < 1.29 is 4.79 Å². The molecule has 0 fully saturated rings. The fourth-order valence-electron chi connectivity index (χ4n) is 2.51. The second-order valence-corrected chi connectivity index (χ2v) is 5.42. The van der Waals surface area contributed by atoms with Gasteiger partial charge in [0.15, 0.2) is 17.3 Å². The van der Waals surface area contributed by atoms with E-state index in [1.165, 1.54) is 17.3 Å². The van der Waals surface area contributed by atoms with Gasteiger partial charge in [0.25, 0.3) is 5.91 Å². The molecule has 9 heteroatoms. The topological polar surface area (TPSA) is 103 Å². The molecule has 0 saturated heterocycles. The van der Waals surface area contributed by atoms with Crippen LogP contribution in [0, 0.1) is 0 Å². The normalized spacial score (nSPS) is 12.2. The highest BCUT2D eigenvalue weighted by Gasteiger charge is 2.17. The lowest BCUT2D eigenvalue weighted by atomic mass is 10.2. The van der Waals surface area contributed by atoms with Crippen LogP contribution in [0.25, 0.3) is 11.5 Å². The molecule has 0 spiro atoms. The van der Waals surface area contributed by atoms with E-state index in [2.05, 4.69) is 30.6 Å². The summed E-state index contributed by atoms with van der Waals surface area (Å²) in [4.78, 5) is 20.6. The summed E-state index contributed by atoms with van der Waals surface area (Å²) in [5.41, 5.74) is 1.21. The molecule has 0 aliphatic carbocycles. The summed E-state index contributed by atoms with van der Waals surface area (Å²) >= 11 is 0. The van der Waals surface area contributed by atoms with E-state index in [4.69, 9.17) is 0 Å². The van der Waals surface area contributed by atoms with Crippen LogP contribution in [-0.2, 0) is 0 Å². The van der Waals surface area contributed by atoms with E-state index in [0.717, 1.165) is 5.65 Å². The first-order valence-electron chi connectivity index (χ1n) is 7.64. The van der Waals surface area contributed by atoms with Gasteiger partial charge < -0.3 is 5.32 Å². The van der Waals surface area contributed by atoms with Gasteiger partial charge in [-0.25, -0.2) is 14.6 Å². The Kier molecular flexibility index (Phi) is 3.65. The predicted molar refractivity (Wildman–Crippen MR) is 88.0 cm³/mol. The molecule has 1 N–H and O–H groups in total. The second-order valence-electron chi connectivity index (χ2n) is 5.42. The van der Waals surface area contributed by atoms with Crippen molar-refractivity contribution in [1.82, 2.24) is 39.7 Å². The fraction of sp³-hybridized carbons (Fsp3) is 0.125. The Morgan fingerprint density at radius 3 is 3.00 bits per heavy atom. The highest BCUT2D eigenvalue weighted by molar-refractivity contribution is 5.94. The zero-order chi connectivity index (χ0) is 17.2. The molecule has 0 aliphatic heterocycles. The van der Waals surface area contributed by atoms with E-state index in [-0.39, 0.29) is 11.9 Å². The molecule has 25 heavy (non-hydrogen) atoms. The maximum atomic E-state index is 12.6. The van der Waals surface area contributed by atoms with Gasteiger partial charge in [-0.05, 0) is 31.2 Å². The monoisotopic (exact) mass is 334 g/mol. The third kappa shape index (κ3) is 2.82. The quantitative estimate of drug-likeness (QED) is 0.601. The second kappa shape index (κ2) is 6.11. The molecule has 0 radical (unpaired) electrons. The lowest BCUT2D eigenvalue weighted by Gasteiger charge is -2.12. The number of carbonyl (C=O) groups is 1. The van der Waals surface area contributed by atoms with Gasteiger partial charge in [0, 0.05) is 18.0 Å². The summed E-state index contributed by atoms with van der Waals surface area (Å²) in [7, 11) is 0. The molecule has 0 aliphatic rings. The van der Waals surface area contributed by atoms with E-state index in [1.54, 1.807) is 18.3 Å². The van der Waals surface area contributed by atoms with Gasteiger partial charge in [-0.3, -0.25) is 9.20 Å². The average Bonchev–Trinajstić information content (AvgIpc) is 3.31. The van der Waals surface area contributed by atoms with Gasteiger partial charge in [0.1, 0.15) is 12.7 Å². The maximum absolute atomic E-state index is 12.6. The predicted octanol–water partition coefficient (Wildman–Crippen LogP) is 1.20. The number of rotatable bonds is 4. The van der Waals surface area contributed by atoms with Crippen molar-refractivity contribution in [1.29, 1.82) is 0 Å². The van der Waals surface area contributed by atoms with Crippen LogP contribution in [-0.4, -0.2) is 40.3 Å². The molecule has 4 aromatic heterocycles. The number of amides is 1. The van der Waals surface area contributed by atoms with E-state index in [9.17, 15) is 4.79 Å². The number of nitrogens with one attached hydrogen (secondary N) is 1. The van der Waals surface area contributed by atoms with Crippen molar-refractivity contribution in [2.75, 3.05) is 0 Å². The summed E-state index contributed by atoms with van der Waals surface area (Å²) < 4.78 is 3.34. The van der Waals surface area contributed by atoms with Crippen molar-refractivity contribution in [2.24, 2.45) is 0 Å². The Hall–Kier alpha value is -3.62.